The van der Waals surface area contributed by atoms with Crippen molar-refractivity contribution in [2.24, 2.45) is 11.8 Å². The number of methoxy groups -OCH3 is 1. The summed E-state index contributed by atoms with van der Waals surface area (Å²) < 4.78 is 5.32. The highest BCUT2D eigenvalue weighted by Gasteiger charge is 2.17. The highest BCUT2D eigenvalue weighted by Crippen LogP contribution is 2.18. The summed E-state index contributed by atoms with van der Waals surface area (Å²) in [4.78, 5) is 0. The van der Waals surface area contributed by atoms with Crippen molar-refractivity contribution in [2.45, 2.75) is 33.6 Å². The van der Waals surface area contributed by atoms with Gasteiger partial charge in [0.2, 0.25) is 0 Å². The molecule has 2 heteroatoms. The van der Waals surface area contributed by atoms with Crippen LogP contribution in [-0.2, 0) is 11.2 Å². The normalized spacial score (nSPS) is 14.3. The third-order valence-electron chi connectivity index (χ3n) is 3.69. The van der Waals surface area contributed by atoms with Gasteiger partial charge in [0.25, 0.3) is 0 Å². The molecular weight excluding hydrogens is 234 g/mol. The van der Waals surface area contributed by atoms with Gasteiger partial charge in [0.1, 0.15) is 0 Å². The SMILES string of the molecule is CCCNCC(Cc1ccc(C)cc1)C(C)COC. The van der Waals surface area contributed by atoms with Crippen LogP contribution in [0, 0.1) is 18.8 Å². The monoisotopic (exact) mass is 263 g/mol. The van der Waals surface area contributed by atoms with Crippen LogP contribution in [0.3, 0.4) is 0 Å². The molecule has 0 spiro atoms. The zero-order chi connectivity index (χ0) is 14.1. The van der Waals surface area contributed by atoms with Gasteiger partial charge in [0.05, 0.1) is 0 Å². The summed E-state index contributed by atoms with van der Waals surface area (Å²) in [7, 11) is 1.79. The lowest BCUT2D eigenvalue weighted by Crippen LogP contribution is -2.31. The van der Waals surface area contributed by atoms with Gasteiger partial charge in [-0.1, -0.05) is 43.7 Å². The molecule has 19 heavy (non-hydrogen) atoms. The van der Waals surface area contributed by atoms with E-state index in [-0.39, 0.29) is 0 Å². The van der Waals surface area contributed by atoms with Crippen LogP contribution in [-0.4, -0.2) is 26.8 Å². The molecule has 0 heterocycles. The number of ether oxygens (including phenoxy) is 1. The molecule has 2 atom stereocenters. The molecule has 1 N–H and O–H groups in total. The smallest absolute Gasteiger partial charge is 0.0491 e. The summed E-state index contributed by atoms with van der Waals surface area (Å²) in [6.07, 6.45) is 2.32. The number of hydrogen-bond acceptors (Lipinski definition) is 2. The first-order valence-corrected chi connectivity index (χ1v) is 7.42. The van der Waals surface area contributed by atoms with Crippen LogP contribution in [0.2, 0.25) is 0 Å². The Morgan fingerprint density at radius 3 is 2.47 bits per heavy atom. The van der Waals surface area contributed by atoms with Crippen molar-refractivity contribution in [3.63, 3.8) is 0 Å². The maximum Gasteiger partial charge on any atom is 0.0491 e. The van der Waals surface area contributed by atoms with Gasteiger partial charge in [-0.15, -0.1) is 0 Å². The summed E-state index contributed by atoms with van der Waals surface area (Å²) in [5, 5.41) is 3.55. The van der Waals surface area contributed by atoms with Gasteiger partial charge < -0.3 is 10.1 Å². The summed E-state index contributed by atoms with van der Waals surface area (Å²) in [5.41, 5.74) is 2.76. The molecule has 0 radical (unpaired) electrons. The molecule has 2 nitrogen and oxygen atoms in total. The Balaban J connectivity index is 2.58. The molecule has 1 aromatic rings. The van der Waals surface area contributed by atoms with E-state index in [0.29, 0.717) is 11.8 Å². The minimum absolute atomic E-state index is 0.579. The zero-order valence-electron chi connectivity index (χ0n) is 12.9. The average Bonchev–Trinajstić information content (AvgIpc) is 2.40. The maximum absolute atomic E-state index is 5.32. The van der Waals surface area contributed by atoms with Crippen LogP contribution in [0.15, 0.2) is 24.3 Å². The first-order chi connectivity index (χ1) is 9.17. The average molecular weight is 263 g/mol. The van der Waals surface area contributed by atoms with Crippen molar-refractivity contribution in [3.8, 4) is 0 Å². The standard InChI is InChI=1S/C17H29NO/c1-5-10-18-12-17(15(3)13-19-4)11-16-8-6-14(2)7-9-16/h6-9,15,17-18H,5,10-13H2,1-4H3. The third-order valence-corrected chi connectivity index (χ3v) is 3.69. The van der Waals surface area contributed by atoms with Crippen molar-refractivity contribution in [1.82, 2.24) is 5.32 Å². The van der Waals surface area contributed by atoms with Gasteiger partial charge in [-0.3, -0.25) is 0 Å². The van der Waals surface area contributed by atoms with Crippen molar-refractivity contribution in [2.75, 3.05) is 26.8 Å². The Bertz CT molecular complexity index is 334. The topological polar surface area (TPSA) is 21.3 Å². The van der Waals surface area contributed by atoms with Gasteiger partial charge >= 0.3 is 0 Å². The first-order valence-electron chi connectivity index (χ1n) is 7.42. The molecule has 1 aromatic carbocycles. The number of rotatable bonds is 9. The molecule has 0 aromatic heterocycles. The lowest BCUT2D eigenvalue weighted by molar-refractivity contribution is 0.128. The summed E-state index contributed by atoms with van der Waals surface area (Å²) in [5.74, 6) is 1.21. The van der Waals surface area contributed by atoms with E-state index in [4.69, 9.17) is 4.74 Å². The van der Waals surface area contributed by atoms with E-state index in [9.17, 15) is 0 Å². The lowest BCUT2D eigenvalue weighted by atomic mass is 9.88. The highest BCUT2D eigenvalue weighted by atomic mass is 16.5. The second-order valence-corrected chi connectivity index (χ2v) is 5.59. The molecule has 0 amide bonds. The van der Waals surface area contributed by atoms with Crippen molar-refractivity contribution >= 4 is 0 Å². The molecule has 1 rings (SSSR count). The second-order valence-electron chi connectivity index (χ2n) is 5.59. The molecule has 0 bridgehead atoms. The molecule has 0 aliphatic carbocycles. The Kier molecular flexibility index (Phi) is 7.76. The quantitative estimate of drug-likeness (QED) is 0.689. The Morgan fingerprint density at radius 2 is 1.89 bits per heavy atom. The van der Waals surface area contributed by atoms with Gasteiger partial charge in [0, 0.05) is 13.7 Å². The van der Waals surface area contributed by atoms with Crippen molar-refractivity contribution in [1.29, 1.82) is 0 Å². The van der Waals surface area contributed by atoms with Crippen LogP contribution in [0.4, 0.5) is 0 Å². The third kappa shape index (κ3) is 6.22. The van der Waals surface area contributed by atoms with Crippen LogP contribution in [0.1, 0.15) is 31.4 Å². The van der Waals surface area contributed by atoms with E-state index >= 15 is 0 Å². The zero-order valence-corrected chi connectivity index (χ0v) is 12.9. The lowest BCUT2D eigenvalue weighted by Gasteiger charge is -2.24. The fraction of sp³-hybridized carbons (Fsp3) is 0.647. The number of nitrogens with one attached hydrogen (secondary N) is 1. The van der Waals surface area contributed by atoms with E-state index in [1.54, 1.807) is 7.11 Å². The molecule has 0 aliphatic heterocycles. The molecular formula is C17H29NO. The van der Waals surface area contributed by atoms with E-state index in [2.05, 4.69) is 50.4 Å². The highest BCUT2D eigenvalue weighted by molar-refractivity contribution is 5.21. The van der Waals surface area contributed by atoms with Crippen LogP contribution >= 0.6 is 0 Å². The Labute approximate surface area is 118 Å². The molecule has 108 valence electrons. The van der Waals surface area contributed by atoms with Crippen LogP contribution in [0.25, 0.3) is 0 Å². The minimum Gasteiger partial charge on any atom is -0.384 e. The van der Waals surface area contributed by atoms with E-state index < -0.39 is 0 Å². The fourth-order valence-corrected chi connectivity index (χ4v) is 2.36. The fourth-order valence-electron chi connectivity index (χ4n) is 2.36. The van der Waals surface area contributed by atoms with Gasteiger partial charge in [-0.05, 0) is 50.3 Å². The summed E-state index contributed by atoms with van der Waals surface area (Å²) in [6, 6.07) is 8.91. The van der Waals surface area contributed by atoms with E-state index in [0.717, 1.165) is 26.1 Å². The maximum atomic E-state index is 5.32. The molecule has 0 saturated heterocycles. The van der Waals surface area contributed by atoms with Gasteiger partial charge in [0.15, 0.2) is 0 Å². The molecule has 2 unspecified atom stereocenters. The molecule has 0 saturated carbocycles. The second kappa shape index (κ2) is 9.11. The Morgan fingerprint density at radius 1 is 1.21 bits per heavy atom. The summed E-state index contributed by atoms with van der Waals surface area (Å²) in [6.45, 7) is 9.65. The first kappa shape index (κ1) is 16.2. The number of benzene rings is 1. The van der Waals surface area contributed by atoms with Gasteiger partial charge in [-0.2, -0.15) is 0 Å². The van der Waals surface area contributed by atoms with E-state index in [1.165, 1.54) is 17.5 Å². The predicted octanol–water partition coefficient (Wildman–Crippen LogP) is 3.44. The summed E-state index contributed by atoms with van der Waals surface area (Å²) >= 11 is 0. The Hall–Kier alpha value is -0.860. The van der Waals surface area contributed by atoms with E-state index in [1.807, 2.05) is 0 Å². The largest absolute Gasteiger partial charge is 0.384 e. The predicted molar refractivity (Wildman–Crippen MR) is 82.6 cm³/mol. The number of hydrogen-bond donors (Lipinski definition) is 1. The van der Waals surface area contributed by atoms with Gasteiger partial charge in [-0.25, -0.2) is 0 Å². The van der Waals surface area contributed by atoms with Crippen LogP contribution < -0.4 is 5.32 Å². The minimum atomic E-state index is 0.579. The molecule has 0 fully saturated rings. The molecule has 0 aliphatic rings. The van der Waals surface area contributed by atoms with Crippen molar-refractivity contribution < 1.29 is 4.74 Å². The van der Waals surface area contributed by atoms with Crippen LogP contribution in [0.5, 0.6) is 0 Å². The van der Waals surface area contributed by atoms with Crippen molar-refractivity contribution in [3.05, 3.63) is 35.4 Å². The number of aryl methyl sites for hydroxylation is 1.